The van der Waals surface area contributed by atoms with Crippen molar-refractivity contribution in [1.29, 1.82) is 0 Å². The molecule has 0 amide bonds. The molecule has 21 heavy (non-hydrogen) atoms. The minimum atomic E-state index is -3.77. The summed E-state index contributed by atoms with van der Waals surface area (Å²) in [7, 11) is -3.77. The highest BCUT2D eigenvalue weighted by atomic mass is 32.2. The van der Waals surface area contributed by atoms with Gasteiger partial charge in [0.05, 0.1) is 4.90 Å². The summed E-state index contributed by atoms with van der Waals surface area (Å²) >= 11 is 0. The smallest absolute Gasteiger partial charge is 0.211 e. The highest BCUT2D eigenvalue weighted by molar-refractivity contribution is 7.89. The lowest BCUT2D eigenvalue weighted by atomic mass is 10.1. The molecule has 0 unspecified atom stereocenters. The molecule has 0 aromatic heterocycles. The molecule has 1 N–H and O–H groups in total. The Morgan fingerprint density at radius 2 is 1.43 bits per heavy atom. The molecule has 0 bridgehead atoms. The summed E-state index contributed by atoms with van der Waals surface area (Å²) in [4.78, 5) is -0.0747. The second-order valence-corrected chi connectivity index (χ2v) is 6.15. The predicted molar refractivity (Wildman–Crippen MR) is 71.7 cm³/mol. The lowest BCUT2D eigenvalue weighted by Crippen LogP contribution is -2.26. The Hall–Kier alpha value is -1.86. The molecule has 0 spiro atoms. The topological polar surface area (TPSA) is 46.2 Å². The molecular weight excluding hydrogens is 303 g/mol. The van der Waals surface area contributed by atoms with Gasteiger partial charge in [-0.15, -0.1) is 0 Å². The number of rotatable bonds is 5. The van der Waals surface area contributed by atoms with Crippen LogP contribution in [-0.4, -0.2) is 15.0 Å². The zero-order valence-electron chi connectivity index (χ0n) is 10.8. The van der Waals surface area contributed by atoms with Crippen LogP contribution in [0.15, 0.2) is 47.4 Å². The van der Waals surface area contributed by atoms with E-state index in [0.29, 0.717) is 5.56 Å². The van der Waals surface area contributed by atoms with Crippen LogP contribution in [0.5, 0.6) is 0 Å². The lowest BCUT2D eigenvalue weighted by molar-refractivity contribution is 0.576. The van der Waals surface area contributed by atoms with Gasteiger partial charge in [0.1, 0.15) is 17.5 Å². The minimum absolute atomic E-state index is 0.0252. The quantitative estimate of drug-likeness (QED) is 0.922. The van der Waals surface area contributed by atoms with Gasteiger partial charge in [-0.2, -0.15) is 0 Å². The Labute approximate surface area is 120 Å². The lowest BCUT2D eigenvalue weighted by Gasteiger charge is -2.07. The van der Waals surface area contributed by atoms with Crippen molar-refractivity contribution in [3.8, 4) is 0 Å². The molecule has 2 rings (SSSR count). The second-order valence-electron chi connectivity index (χ2n) is 4.38. The van der Waals surface area contributed by atoms with Crippen molar-refractivity contribution in [2.45, 2.75) is 11.3 Å². The average Bonchev–Trinajstić information content (AvgIpc) is 2.37. The summed E-state index contributed by atoms with van der Waals surface area (Å²) in [5.41, 5.74) is 0.342. The number of nitrogens with one attached hydrogen (secondary N) is 1. The van der Waals surface area contributed by atoms with Gasteiger partial charge in [0.15, 0.2) is 0 Å². The van der Waals surface area contributed by atoms with E-state index in [2.05, 4.69) is 4.72 Å². The number of hydrogen-bond acceptors (Lipinski definition) is 2. The van der Waals surface area contributed by atoms with E-state index >= 15 is 0 Å². The summed E-state index contributed by atoms with van der Waals surface area (Å²) < 4.78 is 64.8. The van der Waals surface area contributed by atoms with Crippen LogP contribution in [0.3, 0.4) is 0 Å². The molecule has 2 aromatic carbocycles. The SMILES string of the molecule is O=S(=O)(NCCc1cc(F)cc(F)c1)c1ccc(F)cc1. The molecule has 0 radical (unpaired) electrons. The average molecular weight is 315 g/mol. The number of sulfonamides is 1. The summed E-state index contributed by atoms with van der Waals surface area (Å²) in [6.07, 6.45) is 0.134. The van der Waals surface area contributed by atoms with Gasteiger partial charge in [-0.3, -0.25) is 0 Å². The first-order chi connectivity index (χ1) is 9.87. The Balaban J connectivity index is 2.00. The third-order valence-corrected chi connectivity index (χ3v) is 4.23. The molecule has 0 saturated heterocycles. The summed E-state index contributed by atoms with van der Waals surface area (Å²) in [5.74, 6) is -1.97. The predicted octanol–water partition coefficient (Wildman–Crippen LogP) is 2.62. The Bertz CT molecular complexity index is 710. The minimum Gasteiger partial charge on any atom is -0.211 e. The van der Waals surface area contributed by atoms with Gasteiger partial charge in [-0.05, 0) is 48.4 Å². The molecule has 0 aliphatic heterocycles. The van der Waals surface area contributed by atoms with Crippen LogP contribution in [-0.2, 0) is 16.4 Å². The fourth-order valence-electron chi connectivity index (χ4n) is 1.78. The fraction of sp³-hybridized carbons (Fsp3) is 0.143. The monoisotopic (exact) mass is 315 g/mol. The zero-order valence-corrected chi connectivity index (χ0v) is 11.6. The first-order valence-electron chi connectivity index (χ1n) is 6.07. The van der Waals surface area contributed by atoms with Crippen molar-refractivity contribution in [3.63, 3.8) is 0 Å². The van der Waals surface area contributed by atoms with E-state index < -0.39 is 27.5 Å². The highest BCUT2D eigenvalue weighted by Gasteiger charge is 2.13. The van der Waals surface area contributed by atoms with E-state index in [0.717, 1.165) is 42.5 Å². The molecule has 0 aliphatic carbocycles. The maximum absolute atomic E-state index is 13.0. The van der Waals surface area contributed by atoms with Gasteiger partial charge in [0, 0.05) is 12.6 Å². The van der Waals surface area contributed by atoms with Crippen LogP contribution < -0.4 is 4.72 Å². The van der Waals surface area contributed by atoms with Crippen molar-refractivity contribution in [1.82, 2.24) is 4.72 Å². The van der Waals surface area contributed by atoms with Crippen molar-refractivity contribution in [2.24, 2.45) is 0 Å². The van der Waals surface area contributed by atoms with E-state index in [9.17, 15) is 21.6 Å². The first-order valence-corrected chi connectivity index (χ1v) is 7.55. The van der Waals surface area contributed by atoms with Gasteiger partial charge >= 0.3 is 0 Å². The van der Waals surface area contributed by atoms with Crippen LogP contribution in [0.1, 0.15) is 5.56 Å². The zero-order chi connectivity index (χ0) is 15.5. The standard InChI is InChI=1S/C14H12F3NO2S/c15-11-1-3-14(4-2-11)21(19,20)18-6-5-10-7-12(16)9-13(17)8-10/h1-4,7-9,18H,5-6H2. The molecule has 0 fully saturated rings. The summed E-state index contributed by atoms with van der Waals surface area (Å²) in [5, 5.41) is 0. The van der Waals surface area contributed by atoms with Crippen LogP contribution in [0.25, 0.3) is 0 Å². The van der Waals surface area contributed by atoms with Gasteiger partial charge in [0.2, 0.25) is 10.0 Å². The Morgan fingerprint density at radius 3 is 2.00 bits per heavy atom. The maximum atomic E-state index is 13.0. The van der Waals surface area contributed by atoms with Crippen LogP contribution in [0, 0.1) is 17.5 Å². The first kappa shape index (κ1) is 15.5. The van der Waals surface area contributed by atoms with Crippen molar-refractivity contribution in [2.75, 3.05) is 6.54 Å². The van der Waals surface area contributed by atoms with Crippen molar-refractivity contribution in [3.05, 3.63) is 65.5 Å². The van der Waals surface area contributed by atoms with Crippen molar-refractivity contribution >= 4 is 10.0 Å². The van der Waals surface area contributed by atoms with Crippen LogP contribution in [0.2, 0.25) is 0 Å². The third kappa shape index (κ3) is 4.30. The van der Waals surface area contributed by atoms with Gasteiger partial charge in [-0.1, -0.05) is 0 Å². The molecule has 2 aromatic rings. The van der Waals surface area contributed by atoms with E-state index in [1.165, 1.54) is 0 Å². The van der Waals surface area contributed by atoms with Gasteiger partial charge < -0.3 is 0 Å². The Morgan fingerprint density at radius 1 is 0.857 bits per heavy atom. The highest BCUT2D eigenvalue weighted by Crippen LogP contribution is 2.11. The summed E-state index contributed by atoms with van der Waals surface area (Å²) in [6, 6.07) is 7.36. The molecule has 0 saturated carbocycles. The number of benzene rings is 2. The molecule has 0 aliphatic rings. The molecule has 112 valence electrons. The molecule has 3 nitrogen and oxygen atoms in total. The number of hydrogen-bond donors (Lipinski definition) is 1. The van der Waals surface area contributed by atoms with E-state index in [1.54, 1.807) is 0 Å². The number of halogens is 3. The van der Waals surface area contributed by atoms with Gasteiger partial charge in [-0.25, -0.2) is 26.3 Å². The van der Waals surface area contributed by atoms with Crippen LogP contribution in [0.4, 0.5) is 13.2 Å². The second kappa shape index (κ2) is 6.28. The molecule has 7 heteroatoms. The van der Waals surface area contributed by atoms with Gasteiger partial charge in [0.25, 0.3) is 0 Å². The van der Waals surface area contributed by atoms with Crippen LogP contribution >= 0.6 is 0 Å². The third-order valence-electron chi connectivity index (χ3n) is 2.75. The fourth-order valence-corrected chi connectivity index (χ4v) is 2.81. The van der Waals surface area contributed by atoms with Crippen molar-refractivity contribution < 1.29 is 21.6 Å². The summed E-state index contributed by atoms with van der Waals surface area (Å²) in [6.45, 7) is -0.0252. The molecular formula is C14H12F3NO2S. The normalized spacial score (nSPS) is 11.6. The maximum Gasteiger partial charge on any atom is 0.240 e. The van der Waals surface area contributed by atoms with E-state index in [1.807, 2.05) is 0 Å². The Kier molecular flexibility index (Phi) is 4.64. The van der Waals surface area contributed by atoms with E-state index in [-0.39, 0.29) is 17.9 Å². The largest absolute Gasteiger partial charge is 0.240 e. The molecule has 0 atom stereocenters. The molecule has 0 heterocycles. The van der Waals surface area contributed by atoms with E-state index in [4.69, 9.17) is 0 Å².